The molecule has 1 atom stereocenters. The van der Waals surface area contributed by atoms with E-state index in [2.05, 4.69) is 59.6 Å². The van der Waals surface area contributed by atoms with E-state index in [1.54, 1.807) is 0 Å². The number of nitrogens with zero attached hydrogens (tertiary/aromatic N) is 1. The number of H-pyrrole nitrogens is 1. The first-order chi connectivity index (χ1) is 9.24. The zero-order valence-electron chi connectivity index (χ0n) is 12.2. The van der Waals surface area contributed by atoms with E-state index in [0.29, 0.717) is 0 Å². The first kappa shape index (κ1) is 14.1. The summed E-state index contributed by atoms with van der Waals surface area (Å²) in [6, 6.07) is 8.51. The van der Waals surface area contributed by atoms with Gasteiger partial charge in [0, 0.05) is 30.2 Å². The van der Waals surface area contributed by atoms with E-state index in [4.69, 9.17) is 0 Å². The zero-order valence-corrected chi connectivity index (χ0v) is 12.2. The summed E-state index contributed by atoms with van der Waals surface area (Å²) in [7, 11) is 4.24. The Labute approximate surface area is 116 Å². The molecule has 3 nitrogen and oxygen atoms in total. The highest BCUT2D eigenvalue weighted by Gasteiger charge is 2.11. The van der Waals surface area contributed by atoms with Crippen LogP contribution in [0.2, 0.25) is 0 Å². The topological polar surface area (TPSA) is 31.1 Å². The Morgan fingerprint density at radius 1 is 1.32 bits per heavy atom. The average Bonchev–Trinajstić information content (AvgIpc) is 2.82. The fraction of sp³-hybridized carbons (Fsp3) is 0.500. The summed E-state index contributed by atoms with van der Waals surface area (Å²) in [4.78, 5) is 5.76. The molecule has 0 bridgehead atoms. The standard InChI is InChI=1S/C16H25N3/c1-4-13(9-17-2)11-19(3)12-14-10-18-16-8-6-5-7-15(14)16/h5-8,10,13,17-18H,4,9,11-12H2,1-3H3. The summed E-state index contributed by atoms with van der Waals surface area (Å²) in [5.41, 5.74) is 2.62. The number of hydrogen-bond donors (Lipinski definition) is 2. The quantitative estimate of drug-likeness (QED) is 0.801. The third-order valence-electron chi connectivity index (χ3n) is 3.76. The molecule has 1 aromatic carbocycles. The van der Waals surface area contributed by atoms with Gasteiger partial charge in [-0.1, -0.05) is 31.5 Å². The highest BCUT2D eigenvalue weighted by Crippen LogP contribution is 2.19. The molecule has 0 aliphatic carbocycles. The first-order valence-electron chi connectivity index (χ1n) is 7.12. The van der Waals surface area contributed by atoms with Gasteiger partial charge in [0.15, 0.2) is 0 Å². The zero-order chi connectivity index (χ0) is 13.7. The Morgan fingerprint density at radius 2 is 2.11 bits per heavy atom. The maximum atomic E-state index is 3.35. The van der Waals surface area contributed by atoms with Crippen LogP contribution in [0.3, 0.4) is 0 Å². The molecule has 0 saturated carbocycles. The lowest BCUT2D eigenvalue weighted by Gasteiger charge is -2.22. The summed E-state index contributed by atoms with van der Waals surface area (Å²) < 4.78 is 0. The van der Waals surface area contributed by atoms with Crippen molar-refractivity contribution in [2.24, 2.45) is 5.92 Å². The minimum atomic E-state index is 0.722. The average molecular weight is 259 g/mol. The van der Waals surface area contributed by atoms with E-state index in [-0.39, 0.29) is 0 Å². The van der Waals surface area contributed by atoms with Gasteiger partial charge in [0.2, 0.25) is 0 Å². The van der Waals surface area contributed by atoms with Gasteiger partial charge in [-0.15, -0.1) is 0 Å². The third kappa shape index (κ3) is 3.58. The van der Waals surface area contributed by atoms with Crippen molar-refractivity contribution >= 4 is 10.9 Å². The second-order valence-corrected chi connectivity index (χ2v) is 5.39. The molecule has 1 unspecified atom stereocenters. The predicted molar refractivity (Wildman–Crippen MR) is 82.3 cm³/mol. The number of para-hydroxylation sites is 1. The van der Waals surface area contributed by atoms with E-state index in [0.717, 1.165) is 25.6 Å². The van der Waals surface area contributed by atoms with Gasteiger partial charge in [-0.25, -0.2) is 0 Å². The minimum absolute atomic E-state index is 0.722. The number of nitrogens with one attached hydrogen (secondary N) is 2. The van der Waals surface area contributed by atoms with Crippen LogP contribution in [-0.4, -0.2) is 37.1 Å². The van der Waals surface area contributed by atoms with Crippen LogP contribution in [-0.2, 0) is 6.54 Å². The lowest BCUT2D eigenvalue weighted by Crippen LogP contribution is -2.30. The molecule has 19 heavy (non-hydrogen) atoms. The number of rotatable bonds is 7. The van der Waals surface area contributed by atoms with E-state index in [1.807, 2.05) is 7.05 Å². The molecule has 2 N–H and O–H groups in total. The van der Waals surface area contributed by atoms with Gasteiger partial charge in [0.1, 0.15) is 0 Å². The third-order valence-corrected chi connectivity index (χ3v) is 3.76. The van der Waals surface area contributed by atoms with E-state index in [1.165, 1.54) is 22.9 Å². The molecule has 3 heteroatoms. The van der Waals surface area contributed by atoms with Gasteiger partial charge < -0.3 is 15.2 Å². The second kappa shape index (κ2) is 6.73. The fourth-order valence-electron chi connectivity index (χ4n) is 2.69. The normalized spacial score (nSPS) is 13.3. The highest BCUT2D eigenvalue weighted by molar-refractivity contribution is 5.82. The maximum Gasteiger partial charge on any atom is 0.0457 e. The van der Waals surface area contributed by atoms with Crippen molar-refractivity contribution in [2.75, 3.05) is 27.2 Å². The van der Waals surface area contributed by atoms with Crippen LogP contribution in [0.4, 0.5) is 0 Å². The van der Waals surface area contributed by atoms with Gasteiger partial charge >= 0.3 is 0 Å². The molecule has 1 heterocycles. The number of fused-ring (bicyclic) bond motifs is 1. The second-order valence-electron chi connectivity index (χ2n) is 5.39. The largest absolute Gasteiger partial charge is 0.361 e. The summed E-state index contributed by atoms with van der Waals surface area (Å²) >= 11 is 0. The summed E-state index contributed by atoms with van der Waals surface area (Å²) in [6.07, 6.45) is 3.36. The Morgan fingerprint density at radius 3 is 2.84 bits per heavy atom. The molecule has 0 radical (unpaired) electrons. The molecule has 0 saturated heterocycles. The van der Waals surface area contributed by atoms with Crippen molar-refractivity contribution in [3.63, 3.8) is 0 Å². The van der Waals surface area contributed by atoms with Crippen LogP contribution in [0.5, 0.6) is 0 Å². The molecule has 0 aliphatic heterocycles. The van der Waals surface area contributed by atoms with Crippen LogP contribution in [0.1, 0.15) is 18.9 Å². The van der Waals surface area contributed by atoms with Gasteiger partial charge in [-0.2, -0.15) is 0 Å². The molecule has 2 rings (SSSR count). The number of aromatic nitrogens is 1. The summed E-state index contributed by atoms with van der Waals surface area (Å²) in [5, 5.41) is 4.62. The van der Waals surface area contributed by atoms with Crippen molar-refractivity contribution in [3.05, 3.63) is 36.0 Å². The molecule has 0 aliphatic rings. The molecule has 0 fully saturated rings. The number of hydrogen-bond acceptors (Lipinski definition) is 2. The van der Waals surface area contributed by atoms with Gasteiger partial charge in [0.05, 0.1) is 0 Å². The van der Waals surface area contributed by atoms with Crippen molar-refractivity contribution in [1.82, 2.24) is 15.2 Å². The first-order valence-corrected chi connectivity index (χ1v) is 7.12. The highest BCUT2D eigenvalue weighted by atomic mass is 15.1. The molecule has 0 amide bonds. The fourth-order valence-corrected chi connectivity index (χ4v) is 2.69. The van der Waals surface area contributed by atoms with Crippen molar-refractivity contribution in [3.8, 4) is 0 Å². The van der Waals surface area contributed by atoms with Crippen LogP contribution >= 0.6 is 0 Å². The summed E-state index contributed by atoms with van der Waals surface area (Å²) in [5.74, 6) is 0.722. The van der Waals surface area contributed by atoms with Crippen LogP contribution < -0.4 is 5.32 Å². The van der Waals surface area contributed by atoms with Crippen LogP contribution in [0.15, 0.2) is 30.5 Å². The van der Waals surface area contributed by atoms with Gasteiger partial charge in [-0.3, -0.25) is 0 Å². The Bertz CT molecular complexity index is 503. The Kier molecular flexibility index (Phi) is 5.00. The smallest absolute Gasteiger partial charge is 0.0457 e. The number of aromatic amines is 1. The van der Waals surface area contributed by atoms with Crippen molar-refractivity contribution in [1.29, 1.82) is 0 Å². The minimum Gasteiger partial charge on any atom is -0.361 e. The molecular formula is C16H25N3. The van der Waals surface area contributed by atoms with Gasteiger partial charge in [-0.05, 0) is 38.2 Å². The molecule has 0 spiro atoms. The maximum absolute atomic E-state index is 3.35. The summed E-state index contributed by atoms with van der Waals surface area (Å²) in [6.45, 7) is 5.50. The van der Waals surface area contributed by atoms with E-state index < -0.39 is 0 Å². The molecule has 1 aromatic heterocycles. The predicted octanol–water partition coefficient (Wildman–Crippen LogP) is 2.85. The monoisotopic (exact) mass is 259 g/mol. The Balaban J connectivity index is 2.00. The van der Waals surface area contributed by atoms with Crippen molar-refractivity contribution in [2.45, 2.75) is 19.9 Å². The van der Waals surface area contributed by atoms with Crippen LogP contribution in [0, 0.1) is 5.92 Å². The SMILES string of the molecule is CCC(CNC)CN(C)Cc1c[nH]c2ccccc12. The molecule has 104 valence electrons. The van der Waals surface area contributed by atoms with Crippen molar-refractivity contribution < 1.29 is 0 Å². The molecule has 2 aromatic rings. The lowest BCUT2D eigenvalue weighted by molar-refractivity contribution is 0.262. The van der Waals surface area contributed by atoms with E-state index >= 15 is 0 Å². The Hall–Kier alpha value is -1.32. The molecular weight excluding hydrogens is 234 g/mol. The lowest BCUT2D eigenvalue weighted by atomic mass is 10.1. The van der Waals surface area contributed by atoms with Crippen LogP contribution in [0.25, 0.3) is 10.9 Å². The van der Waals surface area contributed by atoms with E-state index in [9.17, 15) is 0 Å². The van der Waals surface area contributed by atoms with Gasteiger partial charge in [0.25, 0.3) is 0 Å². The number of benzene rings is 1.